The van der Waals surface area contributed by atoms with E-state index in [4.69, 9.17) is 5.73 Å². The standard InChI is InChI=1S/C16H23N3/c1-10-8-12(16(3,4)5)6-7-13(10)15-11(2)18-19-14(15)9-17/h6-8H,9,17H2,1-5H3,(H,18,19). The number of rotatable bonds is 2. The summed E-state index contributed by atoms with van der Waals surface area (Å²) in [7, 11) is 0. The zero-order chi connectivity index (χ0) is 14.2. The molecule has 0 unspecified atom stereocenters. The smallest absolute Gasteiger partial charge is 0.0838 e. The van der Waals surface area contributed by atoms with Crippen LogP contribution in [0.5, 0.6) is 0 Å². The van der Waals surface area contributed by atoms with Crippen LogP contribution in [0.1, 0.15) is 43.3 Å². The lowest BCUT2D eigenvalue weighted by Crippen LogP contribution is -2.11. The Hall–Kier alpha value is -1.61. The second-order valence-electron chi connectivity index (χ2n) is 6.15. The molecule has 3 N–H and O–H groups in total. The highest BCUT2D eigenvalue weighted by Crippen LogP contribution is 2.32. The maximum Gasteiger partial charge on any atom is 0.0838 e. The number of benzene rings is 1. The van der Waals surface area contributed by atoms with Crippen molar-refractivity contribution in [2.45, 2.75) is 46.6 Å². The van der Waals surface area contributed by atoms with Crippen molar-refractivity contribution in [2.24, 2.45) is 5.73 Å². The van der Waals surface area contributed by atoms with Crippen LogP contribution in [-0.4, -0.2) is 10.2 Å². The summed E-state index contributed by atoms with van der Waals surface area (Å²) in [4.78, 5) is 0. The van der Waals surface area contributed by atoms with E-state index in [2.05, 4.69) is 56.1 Å². The molecule has 0 aliphatic heterocycles. The van der Waals surface area contributed by atoms with Crippen LogP contribution in [0.15, 0.2) is 18.2 Å². The summed E-state index contributed by atoms with van der Waals surface area (Å²) in [6, 6.07) is 6.66. The number of nitrogens with zero attached hydrogens (tertiary/aromatic N) is 1. The van der Waals surface area contributed by atoms with Crippen LogP contribution >= 0.6 is 0 Å². The largest absolute Gasteiger partial charge is 0.325 e. The number of nitrogens with one attached hydrogen (secondary N) is 1. The van der Waals surface area contributed by atoms with Gasteiger partial charge in [-0.25, -0.2) is 0 Å². The van der Waals surface area contributed by atoms with Crippen molar-refractivity contribution in [3.05, 3.63) is 40.7 Å². The molecule has 1 aromatic carbocycles. The van der Waals surface area contributed by atoms with Gasteiger partial charge in [0.1, 0.15) is 0 Å². The molecule has 2 rings (SSSR count). The molecule has 0 fully saturated rings. The van der Waals surface area contributed by atoms with E-state index in [0.717, 1.165) is 17.0 Å². The van der Waals surface area contributed by atoms with Gasteiger partial charge in [-0.3, -0.25) is 5.10 Å². The van der Waals surface area contributed by atoms with Crippen molar-refractivity contribution in [1.29, 1.82) is 0 Å². The first-order valence-corrected chi connectivity index (χ1v) is 6.70. The summed E-state index contributed by atoms with van der Waals surface area (Å²) in [5.74, 6) is 0. The first-order valence-electron chi connectivity index (χ1n) is 6.70. The molecular formula is C16H23N3. The molecule has 3 nitrogen and oxygen atoms in total. The highest BCUT2D eigenvalue weighted by molar-refractivity contribution is 5.72. The SMILES string of the molecule is Cc1cc(C(C)(C)C)ccc1-c1c(CN)n[nH]c1C. The maximum atomic E-state index is 5.77. The lowest BCUT2D eigenvalue weighted by molar-refractivity contribution is 0.590. The molecule has 0 atom stereocenters. The molecule has 1 heterocycles. The minimum Gasteiger partial charge on any atom is -0.325 e. The molecule has 0 saturated heterocycles. The topological polar surface area (TPSA) is 54.7 Å². The zero-order valence-corrected chi connectivity index (χ0v) is 12.5. The Labute approximate surface area is 115 Å². The molecule has 0 saturated carbocycles. The number of aromatic amines is 1. The van der Waals surface area contributed by atoms with Crippen LogP contribution in [0.4, 0.5) is 0 Å². The molecule has 102 valence electrons. The van der Waals surface area contributed by atoms with E-state index in [-0.39, 0.29) is 5.41 Å². The second-order valence-corrected chi connectivity index (χ2v) is 6.15. The summed E-state index contributed by atoms with van der Waals surface area (Å²) in [5, 5.41) is 7.30. The monoisotopic (exact) mass is 257 g/mol. The predicted octanol–water partition coefficient (Wildman–Crippen LogP) is 3.45. The lowest BCUT2D eigenvalue weighted by Gasteiger charge is -2.20. The Morgan fingerprint density at radius 2 is 1.89 bits per heavy atom. The van der Waals surface area contributed by atoms with Crippen LogP contribution in [0.3, 0.4) is 0 Å². The van der Waals surface area contributed by atoms with Gasteiger partial charge >= 0.3 is 0 Å². The van der Waals surface area contributed by atoms with Gasteiger partial charge in [-0.1, -0.05) is 39.0 Å². The highest BCUT2D eigenvalue weighted by Gasteiger charge is 2.17. The van der Waals surface area contributed by atoms with Gasteiger partial charge in [0, 0.05) is 17.8 Å². The maximum absolute atomic E-state index is 5.77. The Morgan fingerprint density at radius 3 is 2.42 bits per heavy atom. The van der Waals surface area contributed by atoms with Crippen molar-refractivity contribution in [3.8, 4) is 11.1 Å². The van der Waals surface area contributed by atoms with E-state index < -0.39 is 0 Å². The zero-order valence-electron chi connectivity index (χ0n) is 12.5. The molecule has 0 bridgehead atoms. The molecule has 0 aliphatic carbocycles. The normalized spacial score (nSPS) is 11.9. The summed E-state index contributed by atoms with van der Waals surface area (Å²) < 4.78 is 0. The van der Waals surface area contributed by atoms with E-state index in [1.807, 2.05) is 6.92 Å². The summed E-state index contributed by atoms with van der Waals surface area (Å²) in [6.07, 6.45) is 0. The minimum absolute atomic E-state index is 0.172. The van der Waals surface area contributed by atoms with Crippen LogP contribution in [0.2, 0.25) is 0 Å². The summed E-state index contributed by atoms with van der Waals surface area (Å²) in [5.41, 5.74) is 12.9. The van der Waals surface area contributed by atoms with Gasteiger partial charge in [0.05, 0.1) is 5.69 Å². The third-order valence-electron chi connectivity index (χ3n) is 3.58. The van der Waals surface area contributed by atoms with Crippen molar-refractivity contribution < 1.29 is 0 Å². The van der Waals surface area contributed by atoms with Gasteiger partial charge < -0.3 is 5.73 Å². The van der Waals surface area contributed by atoms with Gasteiger partial charge in [-0.15, -0.1) is 0 Å². The lowest BCUT2D eigenvalue weighted by atomic mass is 9.84. The van der Waals surface area contributed by atoms with Gasteiger partial charge in [0.2, 0.25) is 0 Å². The molecule has 0 spiro atoms. The molecule has 1 aromatic heterocycles. The molecule has 19 heavy (non-hydrogen) atoms. The van der Waals surface area contributed by atoms with Crippen LogP contribution in [0, 0.1) is 13.8 Å². The number of aromatic nitrogens is 2. The van der Waals surface area contributed by atoms with Gasteiger partial charge in [-0.2, -0.15) is 5.10 Å². The van der Waals surface area contributed by atoms with E-state index in [1.54, 1.807) is 0 Å². The van der Waals surface area contributed by atoms with Crippen LogP contribution < -0.4 is 5.73 Å². The number of hydrogen-bond acceptors (Lipinski definition) is 2. The predicted molar refractivity (Wildman–Crippen MR) is 80.1 cm³/mol. The Kier molecular flexibility index (Phi) is 3.50. The third kappa shape index (κ3) is 2.56. The summed E-state index contributed by atoms with van der Waals surface area (Å²) in [6.45, 7) is 11.3. The van der Waals surface area contributed by atoms with E-state index >= 15 is 0 Å². The Morgan fingerprint density at radius 1 is 1.21 bits per heavy atom. The average Bonchev–Trinajstić information content (AvgIpc) is 2.69. The summed E-state index contributed by atoms with van der Waals surface area (Å²) >= 11 is 0. The van der Waals surface area contributed by atoms with Gasteiger partial charge in [0.15, 0.2) is 0 Å². The molecule has 3 heteroatoms. The van der Waals surface area contributed by atoms with Gasteiger partial charge in [-0.05, 0) is 36.0 Å². The molecule has 0 aliphatic rings. The molecule has 0 amide bonds. The highest BCUT2D eigenvalue weighted by atomic mass is 15.1. The average molecular weight is 257 g/mol. The Bertz CT molecular complexity index is 589. The molecule has 2 aromatic rings. The van der Waals surface area contributed by atoms with Gasteiger partial charge in [0.25, 0.3) is 0 Å². The van der Waals surface area contributed by atoms with Crippen molar-refractivity contribution in [3.63, 3.8) is 0 Å². The second kappa shape index (κ2) is 4.82. The van der Waals surface area contributed by atoms with Crippen LogP contribution in [0.25, 0.3) is 11.1 Å². The van der Waals surface area contributed by atoms with E-state index in [0.29, 0.717) is 6.54 Å². The fourth-order valence-corrected chi connectivity index (χ4v) is 2.40. The number of H-pyrrole nitrogens is 1. The first kappa shape index (κ1) is 13.8. The van der Waals surface area contributed by atoms with E-state index in [1.165, 1.54) is 16.7 Å². The number of nitrogens with two attached hydrogens (primary N) is 1. The van der Waals surface area contributed by atoms with Crippen LogP contribution in [-0.2, 0) is 12.0 Å². The van der Waals surface area contributed by atoms with E-state index in [9.17, 15) is 0 Å². The number of hydrogen-bond donors (Lipinski definition) is 2. The van der Waals surface area contributed by atoms with Crippen molar-refractivity contribution in [2.75, 3.05) is 0 Å². The fourth-order valence-electron chi connectivity index (χ4n) is 2.40. The van der Waals surface area contributed by atoms with Crippen molar-refractivity contribution >= 4 is 0 Å². The minimum atomic E-state index is 0.172. The first-order chi connectivity index (χ1) is 8.84. The van der Waals surface area contributed by atoms with Crippen molar-refractivity contribution in [1.82, 2.24) is 10.2 Å². The molecule has 0 radical (unpaired) electrons. The Balaban J connectivity index is 2.55. The quantitative estimate of drug-likeness (QED) is 0.865. The molecular weight excluding hydrogens is 234 g/mol. The number of aryl methyl sites for hydroxylation is 2. The third-order valence-corrected chi connectivity index (χ3v) is 3.58. The fraction of sp³-hybridized carbons (Fsp3) is 0.438.